The first-order chi connectivity index (χ1) is 6.65. The van der Waals surface area contributed by atoms with Gasteiger partial charge in [0.05, 0.1) is 12.0 Å². The molecule has 0 radical (unpaired) electrons. The number of nitriles is 1. The van der Waals surface area contributed by atoms with E-state index in [9.17, 15) is 0 Å². The summed E-state index contributed by atoms with van der Waals surface area (Å²) < 4.78 is 0. The fourth-order valence-corrected chi connectivity index (χ4v) is 2.02. The molecule has 0 aromatic heterocycles. The van der Waals surface area contributed by atoms with Gasteiger partial charge in [-0.1, -0.05) is 6.42 Å². The quantitative estimate of drug-likeness (QED) is 0.747. The number of hydrogen-bond acceptors (Lipinski definition) is 3. The van der Waals surface area contributed by atoms with Gasteiger partial charge in [-0.15, -0.1) is 0 Å². The van der Waals surface area contributed by atoms with Crippen molar-refractivity contribution in [3.05, 3.63) is 0 Å². The summed E-state index contributed by atoms with van der Waals surface area (Å²) in [5.41, 5.74) is 3.38. The van der Waals surface area contributed by atoms with E-state index in [1.165, 1.54) is 19.3 Å². The van der Waals surface area contributed by atoms with Gasteiger partial charge in [0.1, 0.15) is 0 Å². The second kappa shape index (κ2) is 5.33. The van der Waals surface area contributed by atoms with E-state index >= 15 is 0 Å². The Balaban J connectivity index is 2.37. The smallest absolute Gasteiger partial charge is 0.0666 e. The van der Waals surface area contributed by atoms with Crippen molar-refractivity contribution in [1.82, 2.24) is 10.4 Å². The minimum Gasteiger partial charge on any atom is -0.253 e. The van der Waals surface area contributed by atoms with Gasteiger partial charge in [-0.2, -0.15) is 5.26 Å². The summed E-state index contributed by atoms with van der Waals surface area (Å²) >= 11 is 0. The Morgan fingerprint density at radius 3 is 2.50 bits per heavy atom. The average Bonchev–Trinajstić information content (AvgIpc) is 2.16. The molecule has 1 aliphatic rings. The first-order valence-electron chi connectivity index (χ1n) is 5.56. The third-order valence-corrected chi connectivity index (χ3v) is 2.99. The first-order valence-corrected chi connectivity index (χ1v) is 5.56. The lowest BCUT2D eigenvalue weighted by molar-refractivity contribution is 0.0438. The van der Waals surface area contributed by atoms with Gasteiger partial charge >= 0.3 is 0 Å². The summed E-state index contributed by atoms with van der Waals surface area (Å²) in [4.78, 5) is 0. The molecule has 3 atom stereocenters. The van der Waals surface area contributed by atoms with E-state index in [1.807, 2.05) is 6.92 Å². The van der Waals surface area contributed by atoms with Gasteiger partial charge in [-0.05, 0) is 33.6 Å². The number of nitrogens with one attached hydrogen (secondary N) is 1. The summed E-state index contributed by atoms with van der Waals surface area (Å²) in [6.07, 6.45) is 3.85. The molecule has 0 aromatic rings. The first kappa shape index (κ1) is 11.5. The maximum Gasteiger partial charge on any atom is 0.0666 e. The highest BCUT2D eigenvalue weighted by Crippen LogP contribution is 2.20. The van der Waals surface area contributed by atoms with Crippen LogP contribution in [0.3, 0.4) is 0 Å². The highest BCUT2D eigenvalue weighted by Gasteiger charge is 2.24. The van der Waals surface area contributed by atoms with E-state index in [1.54, 1.807) is 0 Å². The van der Waals surface area contributed by atoms with Gasteiger partial charge in [0.15, 0.2) is 0 Å². The molecule has 0 amide bonds. The summed E-state index contributed by atoms with van der Waals surface area (Å²) in [7, 11) is 0. The molecule has 0 bridgehead atoms. The van der Waals surface area contributed by atoms with Crippen molar-refractivity contribution in [3.8, 4) is 6.07 Å². The van der Waals surface area contributed by atoms with Crippen molar-refractivity contribution in [2.24, 2.45) is 5.92 Å². The third kappa shape index (κ3) is 2.97. The Morgan fingerprint density at radius 1 is 1.43 bits per heavy atom. The normalized spacial score (nSPS) is 31.0. The molecule has 1 fully saturated rings. The minimum absolute atomic E-state index is 0.0938. The molecule has 80 valence electrons. The highest BCUT2D eigenvalue weighted by molar-refractivity contribution is 4.82. The van der Waals surface area contributed by atoms with Crippen LogP contribution >= 0.6 is 0 Å². The molecule has 1 heterocycles. The monoisotopic (exact) mass is 195 g/mol. The van der Waals surface area contributed by atoms with Crippen LogP contribution in [-0.4, -0.2) is 23.6 Å². The molecule has 1 rings (SSSR count). The van der Waals surface area contributed by atoms with E-state index < -0.39 is 0 Å². The lowest BCUT2D eigenvalue weighted by Crippen LogP contribution is -2.52. The van der Waals surface area contributed by atoms with Crippen molar-refractivity contribution in [3.63, 3.8) is 0 Å². The number of hydrazine groups is 1. The number of rotatable bonds is 3. The maximum absolute atomic E-state index is 8.69. The van der Waals surface area contributed by atoms with Crippen molar-refractivity contribution in [1.29, 1.82) is 5.26 Å². The zero-order valence-electron chi connectivity index (χ0n) is 9.45. The predicted octanol–water partition coefficient (Wildman–Crippen LogP) is 1.91. The minimum atomic E-state index is 0.0938. The van der Waals surface area contributed by atoms with Gasteiger partial charge in [0, 0.05) is 18.6 Å². The number of piperidine rings is 1. The van der Waals surface area contributed by atoms with Crippen LogP contribution in [0.1, 0.15) is 40.0 Å². The van der Waals surface area contributed by atoms with Crippen LogP contribution < -0.4 is 5.43 Å². The Kier molecular flexibility index (Phi) is 4.37. The van der Waals surface area contributed by atoms with E-state index in [4.69, 9.17) is 5.26 Å². The van der Waals surface area contributed by atoms with Gasteiger partial charge in [0.25, 0.3) is 0 Å². The average molecular weight is 195 g/mol. The van der Waals surface area contributed by atoms with Crippen molar-refractivity contribution >= 4 is 0 Å². The van der Waals surface area contributed by atoms with Crippen LogP contribution in [0.2, 0.25) is 0 Å². The van der Waals surface area contributed by atoms with E-state index in [0.29, 0.717) is 12.1 Å². The van der Waals surface area contributed by atoms with Crippen LogP contribution in [-0.2, 0) is 0 Å². The lowest BCUT2D eigenvalue weighted by atomic mass is 10.00. The molecule has 3 nitrogen and oxygen atoms in total. The van der Waals surface area contributed by atoms with Crippen molar-refractivity contribution in [2.45, 2.75) is 52.1 Å². The van der Waals surface area contributed by atoms with Crippen LogP contribution in [0.5, 0.6) is 0 Å². The zero-order chi connectivity index (χ0) is 10.6. The van der Waals surface area contributed by atoms with E-state index in [0.717, 1.165) is 6.54 Å². The fraction of sp³-hybridized carbons (Fsp3) is 0.909. The summed E-state index contributed by atoms with van der Waals surface area (Å²) in [6, 6.07) is 3.45. The SMILES string of the molecule is CC(C#N)CNN1C(C)CCCC1C. The number of nitrogens with zero attached hydrogens (tertiary/aromatic N) is 2. The molecule has 0 spiro atoms. The highest BCUT2D eigenvalue weighted by atomic mass is 15.5. The second-order valence-corrected chi connectivity index (χ2v) is 4.43. The molecular weight excluding hydrogens is 174 g/mol. The summed E-state index contributed by atoms with van der Waals surface area (Å²) in [5, 5.41) is 11.0. The molecule has 1 saturated heterocycles. The molecule has 14 heavy (non-hydrogen) atoms. The molecule has 1 aliphatic heterocycles. The fourth-order valence-electron chi connectivity index (χ4n) is 2.02. The zero-order valence-corrected chi connectivity index (χ0v) is 9.45. The van der Waals surface area contributed by atoms with Crippen LogP contribution in [0.15, 0.2) is 0 Å². The topological polar surface area (TPSA) is 39.1 Å². The van der Waals surface area contributed by atoms with Gasteiger partial charge < -0.3 is 0 Å². The van der Waals surface area contributed by atoms with Gasteiger partial charge in [-0.3, -0.25) is 5.43 Å². The summed E-state index contributed by atoms with van der Waals surface area (Å²) in [5.74, 6) is 0.0938. The molecule has 0 aliphatic carbocycles. The molecule has 1 N–H and O–H groups in total. The molecule has 3 unspecified atom stereocenters. The second-order valence-electron chi connectivity index (χ2n) is 4.43. The van der Waals surface area contributed by atoms with Gasteiger partial charge in [-0.25, -0.2) is 5.01 Å². The lowest BCUT2D eigenvalue weighted by Gasteiger charge is -2.39. The molecule has 0 saturated carbocycles. The largest absolute Gasteiger partial charge is 0.253 e. The number of hydrogen-bond donors (Lipinski definition) is 1. The van der Waals surface area contributed by atoms with E-state index in [-0.39, 0.29) is 5.92 Å². The predicted molar refractivity (Wildman–Crippen MR) is 57.4 cm³/mol. The van der Waals surface area contributed by atoms with E-state index in [2.05, 4.69) is 30.4 Å². The van der Waals surface area contributed by atoms with Crippen LogP contribution in [0, 0.1) is 17.2 Å². The van der Waals surface area contributed by atoms with Crippen molar-refractivity contribution < 1.29 is 0 Å². The summed E-state index contributed by atoms with van der Waals surface area (Å²) in [6.45, 7) is 7.22. The Bertz CT molecular complexity index is 199. The third-order valence-electron chi connectivity index (χ3n) is 2.99. The van der Waals surface area contributed by atoms with Crippen LogP contribution in [0.25, 0.3) is 0 Å². The standard InChI is InChI=1S/C11H21N3/c1-9(7-12)8-13-14-10(2)5-4-6-11(14)3/h9-11,13H,4-6,8H2,1-3H3. The molecule has 3 heteroatoms. The Hall–Kier alpha value is -0.590. The van der Waals surface area contributed by atoms with Gasteiger partial charge in [0.2, 0.25) is 0 Å². The van der Waals surface area contributed by atoms with Crippen molar-refractivity contribution in [2.75, 3.05) is 6.54 Å². The Morgan fingerprint density at radius 2 is 2.00 bits per heavy atom. The maximum atomic E-state index is 8.69. The molecule has 0 aromatic carbocycles. The Labute approximate surface area is 87.1 Å². The molecular formula is C11H21N3. The van der Waals surface area contributed by atoms with Crippen LogP contribution in [0.4, 0.5) is 0 Å².